The molecule has 0 radical (unpaired) electrons. The predicted octanol–water partition coefficient (Wildman–Crippen LogP) is 11.6. The first kappa shape index (κ1) is 24.2. The Hall–Kier alpha value is -5.45. The van der Waals surface area contributed by atoms with Gasteiger partial charge in [-0.3, -0.25) is 0 Å². The smallest absolute Gasteiger partial charge is 0.227 e. The molecule has 0 unspecified atom stereocenters. The van der Waals surface area contributed by atoms with E-state index in [1.165, 1.54) is 41.7 Å². The molecule has 9 aromatic rings. The van der Waals surface area contributed by atoms with E-state index in [2.05, 4.69) is 126 Å². The Balaban J connectivity index is 1.24. The molecule has 4 heteroatoms. The number of aromatic nitrogens is 1. The number of thiophene rings is 1. The average Bonchev–Trinajstić information content (AvgIpc) is 3.66. The van der Waals surface area contributed by atoms with E-state index in [9.17, 15) is 0 Å². The summed E-state index contributed by atoms with van der Waals surface area (Å²) in [4.78, 5) is 7.19. The summed E-state index contributed by atoms with van der Waals surface area (Å²) in [6, 6.07) is 51.7. The third-order valence-corrected chi connectivity index (χ3v) is 9.36. The van der Waals surface area contributed by atoms with Crippen molar-refractivity contribution in [1.29, 1.82) is 0 Å². The van der Waals surface area contributed by atoms with Crippen molar-refractivity contribution in [3.63, 3.8) is 0 Å². The number of rotatable bonds is 4. The molecule has 0 spiro atoms. The third-order valence-electron chi connectivity index (χ3n) is 8.25. The van der Waals surface area contributed by atoms with Crippen LogP contribution in [-0.4, -0.2) is 4.98 Å². The van der Waals surface area contributed by atoms with Gasteiger partial charge in [-0.2, -0.15) is 0 Å². The zero-order valence-corrected chi connectivity index (χ0v) is 23.9. The minimum Gasteiger partial charge on any atom is -0.436 e. The Bertz CT molecular complexity index is 2380. The lowest BCUT2D eigenvalue weighted by molar-refractivity contribution is 0.620. The maximum absolute atomic E-state index is 6.21. The van der Waals surface area contributed by atoms with Gasteiger partial charge < -0.3 is 9.32 Å². The maximum Gasteiger partial charge on any atom is 0.227 e. The first-order chi connectivity index (χ1) is 21.3. The van der Waals surface area contributed by atoms with Crippen molar-refractivity contribution in [3.8, 4) is 11.5 Å². The van der Waals surface area contributed by atoms with E-state index in [-0.39, 0.29) is 0 Å². The van der Waals surface area contributed by atoms with E-state index in [0.29, 0.717) is 5.89 Å². The second-order valence-electron chi connectivity index (χ2n) is 10.8. The molecule has 0 amide bonds. The van der Waals surface area contributed by atoms with Crippen molar-refractivity contribution in [3.05, 3.63) is 146 Å². The number of benzene rings is 7. The van der Waals surface area contributed by atoms with Crippen LogP contribution in [-0.2, 0) is 0 Å². The van der Waals surface area contributed by atoms with Crippen LogP contribution in [0, 0.1) is 0 Å². The minimum absolute atomic E-state index is 0.657. The molecule has 0 fully saturated rings. The Morgan fingerprint density at radius 2 is 1.14 bits per heavy atom. The fraction of sp³-hybridized carbons (Fsp3) is 0. The second-order valence-corrected chi connectivity index (χ2v) is 11.9. The van der Waals surface area contributed by atoms with Crippen LogP contribution in [0.25, 0.3) is 64.3 Å². The van der Waals surface area contributed by atoms with Crippen molar-refractivity contribution in [2.24, 2.45) is 0 Å². The predicted molar refractivity (Wildman–Crippen MR) is 182 cm³/mol. The maximum atomic E-state index is 6.21. The van der Waals surface area contributed by atoms with Gasteiger partial charge in [0.25, 0.3) is 0 Å². The molecular formula is C39H24N2OS. The van der Waals surface area contributed by atoms with Crippen LogP contribution in [0.3, 0.4) is 0 Å². The van der Waals surface area contributed by atoms with Gasteiger partial charge in [0, 0.05) is 42.8 Å². The highest BCUT2D eigenvalue weighted by molar-refractivity contribution is 7.26. The van der Waals surface area contributed by atoms with Crippen LogP contribution < -0.4 is 4.90 Å². The molecule has 0 aliphatic rings. The number of hydrogen-bond acceptors (Lipinski definition) is 4. The van der Waals surface area contributed by atoms with Crippen LogP contribution in [0.1, 0.15) is 0 Å². The number of hydrogen-bond donors (Lipinski definition) is 0. The van der Waals surface area contributed by atoms with Crippen LogP contribution >= 0.6 is 11.3 Å². The summed E-state index contributed by atoms with van der Waals surface area (Å²) in [5, 5.41) is 7.29. The number of fused-ring (bicyclic) bond motifs is 6. The van der Waals surface area contributed by atoms with Gasteiger partial charge in [0.1, 0.15) is 5.52 Å². The molecule has 0 aliphatic heterocycles. The molecule has 2 aromatic heterocycles. The fourth-order valence-corrected chi connectivity index (χ4v) is 7.36. The van der Waals surface area contributed by atoms with E-state index in [4.69, 9.17) is 9.40 Å². The lowest BCUT2D eigenvalue weighted by atomic mass is 10.0. The highest BCUT2D eigenvalue weighted by Crippen LogP contribution is 2.44. The first-order valence-electron chi connectivity index (χ1n) is 14.4. The molecule has 3 nitrogen and oxygen atoms in total. The summed E-state index contributed by atoms with van der Waals surface area (Å²) in [6.07, 6.45) is 0. The topological polar surface area (TPSA) is 29.3 Å². The van der Waals surface area contributed by atoms with Crippen molar-refractivity contribution in [2.45, 2.75) is 0 Å². The molecule has 0 saturated carbocycles. The van der Waals surface area contributed by atoms with Gasteiger partial charge >= 0.3 is 0 Å². The van der Waals surface area contributed by atoms with Gasteiger partial charge in [-0.25, -0.2) is 4.98 Å². The van der Waals surface area contributed by atoms with E-state index in [0.717, 1.165) is 33.7 Å². The van der Waals surface area contributed by atoms with Gasteiger partial charge in [-0.05, 0) is 82.2 Å². The second kappa shape index (κ2) is 9.55. The molecule has 0 bridgehead atoms. The standard InChI is InChI=1S/C39H24N2OS/c1-3-10-27-22-29(18-16-25(27)8-1)41(30-19-17-26-9-2-4-11-28(26)23-30)31-20-21-32-37(24-31)43-36-15-7-12-33(38(32)36)39-40-34-13-5-6-14-35(34)42-39/h1-24H. The average molecular weight is 569 g/mol. The SMILES string of the molecule is c1ccc2cc(N(c3ccc4ccccc4c3)c3ccc4c(c3)sc3cccc(-c5nc6ccccc6o5)c34)ccc2c1. The van der Waals surface area contributed by atoms with Crippen LogP contribution in [0.15, 0.2) is 150 Å². The Morgan fingerprint density at radius 3 is 1.86 bits per heavy atom. The molecule has 0 N–H and O–H groups in total. The quantitative estimate of drug-likeness (QED) is 0.211. The van der Waals surface area contributed by atoms with Crippen molar-refractivity contribution in [1.82, 2.24) is 4.98 Å². The molecule has 43 heavy (non-hydrogen) atoms. The van der Waals surface area contributed by atoms with E-state index in [1.807, 2.05) is 35.6 Å². The zero-order chi connectivity index (χ0) is 28.3. The molecule has 0 aliphatic carbocycles. The molecule has 0 saturated heterocycles. The van der Waals surface area contributed by atoms with Gasteiger partial charge in [0.2, 0.25) is 5.89 Å². The van der Waals surface area contributed by atoms with Crippen LogP contribution in [0.4, 0.5) is 17.1 Å². The third kappa shape index (κ3) is 3.99. The lowest BCUT2D eigenvalue weighted by Gasteiger charge is -2.26. The van der Waals surface area contributed by atoms with Crippen molar-refractivity contribution in [2.75, 3.05) is 4.90 Å². The van der Waals surface area contributed by atoms with Gasteiger partial charge in [-0.15, -0.1) is 11.3 Å². The lowest BCUT2D eigenvalue weighted by Crippen LogP contribution is -2.09. The molecule has 202 valence electrons. The summed E-state index contributed by atoms with van der Waals surface area (Å²) in [5.74, 6) is 0.657. The fourth-order valence-electron chi connectivity index (χ4n) is 6.20. The number of oxazole rings is 1. The zero-order valence-electron chi connectivity index (χ0n) is 23.1. The molecule has 7 aromatic carbocycles. The Morgan fingerprint density at radius 1 is 0.512 bits per heavy atom. The molecule has 2 heterocycles. The van der Waals surface area contributed by atoms with E-state index >= 15 is 0 Å². The highest BCUT2D eigenvalue weighted by Gasteiger charge is 2.19. The first-order valence-corrected chi connectivity index (χ1v) is 15.2. The van der Waals surface area contributed by atoms with Gasteiger partial charge in [0.05, 0.1) is 0 Å². The number of para-hydroxylation sites is 2. The monoisotopic (exact) mass is 568 g/mol. The van der Waals surface area contributed by atoms with Gasteiger partial charge in [-0.1, -0.05) is 84.9 Å². The van der Waals surface area contributed by atoms with Crippen molar-refractivity contribution < 1.29 is 4.42 Å². The highest BCUT2D eigenvalue weighted by atomic mass is 32.1. The largest absolute Gasteiger partial charge is 0.436 e. The summed E-state index contributed by atoms with van der Waals surface area (Å²) in [6.45, 7) is 0. The number of anilines is 3. The normalized spacial score (nSPS) is 11.7. The van der Waals surface area contributed by atoms with Crippen molar-refractivity contribution >= 4 is 81.2 Å². The van der Waals surface area contributed by atoms with E-state index < -0.39 is 0 Å². The van der Waals surface area contributed by atoms with Crippen LogP contribution in [0.2, 0.25) is 0 Å². The number of nitrogens with zero attached hydrogens (tertiary/aromatic N) is 2. The summed E-state index contributed by atoms with van der Waals surface area (Å²) < 4.78 is 8.66. The Kier molecular flexibility index (Phi) is 5.37. The minimum atomic E-state index is 0.657. The summed E-state index contributed by atoms with van der Waals surface area (Å²) >= 11 is 1.81. The van der Waals surface area contributed by atoms with Gasteiger partial charge in [0.15, 0.2) is 5.58 Å². The molecule has 0 atom stereocenters. The van der Waals surface area contributed by atoms with Crippen LogP contribution in [0.5, 0.6) is 0 Å². The molecular weight excluding hydrogens is 545 g/mol. The van der Waals surface area contributed by atoms with E-state index in [1.54, 1.807) is 0 Å². The molecule has 9 rings (SSSR count). The Labute approximate surface area is 251 Å². The summed E-state index contributed by atoms with van der Waals surface area (Å²) in [7, 11) is 0. The summed E-state index contributed by atoms with van der Waals surface area (Å²) in [5.41, 5.74) is 6.07.